The standard InChI is InChI=1S/C20H19N3O4/c1-12-9-14(24)5-8-16(12)22-20(26)17-11-19(25)23-18(21-17)10-13-3-6-15(27-2)7-4-13/h3-9,11,24H,10H2,1-2H3,(H,22,26)(H,21,23,25). The van der Waals surface area contributed by atoms with Crippen LogP contribution in [0.25, 0.3) is 0 Å². The average molecular weight is 365 g/mol. The van der Waals surface area contributed by atoms with E-state index in [0.717, 1.165) is 17.4 Å². The van der Waals surface area contributed by atoms with Gasteiger partial charge in [0, 0.05) is 18.2 Å². The Hall–Kier alpha value is -3.61. The zero-order valence-electron chi connectivity index (χ0n) is 14.9. The highest BCUT2D eigenvalue weighted by Gasteiger charge is 2.12. The van der Waals surface area contributed by atoms with Crippen LogP contribution in [0.2, 0.25) is 0 Å². The van der Waals surface area contributed by atoms with Crippen molar-refractivity contribution in [2.45, 2.75) is 13.3 Å². The Morgan fingerprint density at radius 1 is 1.19 bits per heavy atom. The van der Waals surface area contributed by atoms with Gasteiger partial charge in [-0.3, -0.25) is 9.59 Å². The number of aryl methyl sites for hydroxylation is 1. The molecule has 1 heterocycles. The van der Waals surface area contributed by atoms with E-state index in [-0.39, 0.29) is 11.4 Å². The van der Waals surface area contributed by atoms with Crippen molar-refractivity contribution in [1.29, 1.82) is 0 Å². The number of phenols is 1. The molecule has 3 aromatic rings. The van der Waals surface area contributed by atoms with Crippen LogP contribution in [-0.2, 0) is 6.42 Å². The van der Waals surface area contributed by atoms with Crippen molar-refractivity contribution in [3.63, 3.8) is 0 Å². The van der Waals surface area contributed by atoms with Gasteiger partial charge < -0.3 is 20.1 Å². The van der Waals surface area contributed by atoms with Gasteiger partial charge in [0.25, 0.3) is 11.5 Å². The highest BCUT2D eigenvalue weighted by Crippen LogP contribution is 2.20. The molecule has 0 aliphatic rings. The first kappa shape index (κ1) is 18.2. The van der Waals surface area contributed by atoms with E-state index >= 15 is 0 Å². The van der Waals surface area contributed by atoms with E-state index in [1.165, 1.54) is 12.1 Å². The molecule has 1 amide bonds. The average Bonchev–Trinajstić information content (AvgIpc) is 2.64. The van der Waals surface area contributed by atoms with Crippen molar-refractivity contribution in [3.05, 3.63) is 81.5 Å². The van der Waals surface area contributed by atoms with Crippen LogP contribution in [0.5, 0.6) is 11.5 Å². The molecule has 7 heteroatoms. The number of methoxy groups -OCH3 is 1. The van der Waals surface area contributed by atoms with Gasteiger partial charge in [-0.15, -0.1) is 0 Å². The number of anilines is 1. The summed E-state index contributed by atoms with van der Waals surface area (Å²) in [6, 6.07) is 13.1. The van der Waals surface area contributed by atoms with Crippen LogP contribution in [-0.4, -0.2) is 28.1 Å². The number of phenolic OH excluding ortho intramolecular Hbond substituents is 1. The summed E-state index contributed by atoms with van der Waals surface area (Å²) in [6.45, 7) is 1.76. The van der Waals surface area contributed by atoms with E-state index in [1.807, 2.05) is 24.3 Å². The van der Waals surface area contributed by atoms with Crippen molar-refractivity contribution in [2.24, 2.45) is 0 Å². The molecular weight excluding hydrogens is 346 g/mol. The first-order chi connectivity index (χ1) is 12.9. The molecule has 0 radical (unpaired) electrons. The summed E-state index contributed by atoms with van der Waals surface area (Å²) < 4.78 is 5.12. The van der Waals surface area contributed by atoms with Gasteiger partial charge in [0.15, 0.2) is 0 Å². The lowest BCUT2D eigenvalue weighted by atomic mass is 10.1. The largest absolute Gasteiger partial charge is 0.508 e. The lowest BCUT2D eigenvalue weighted by Gasteiger charge is -2.09. The van der Waals surface area contributed by atoms with Crippen LogP contribution in [0.1, 0.15) is 27.4 Å². The number of carbonyl (C=O) groups is 1. The number of hydrogen-bond acceptors (Lipinski definition) is 5. The number of nitrogens with zero attached hydrogens (tertiary/aromatic N) is 1. The van der Waals surface area contributed by atoms with Gasteiger partial charge in [-0.05, 0) is 48.4 Å². The number of aromatic amines is 1. The number of ether oxygens (including phenoxy) is 1. The Balaban J connectivity index is 1.81. The van der Waals surface area contributed by atoms with Crippen LogP contribution in [0.3, 0.4) is 0 Å². The number of hydrogen-bond donors (Lipinski definition) is 3. The number of amides is 1. The van der Waals surface area contributed by atoms with Crippen LogP contribution in [0.4, 0.5) is 5.69 Å². The molecule has 0 spiro atoms. The summed E-state index contributed by atoms with van der Waals surface area (Å²) in [7, 11) is 1.59. The van der Waals surface area contributed by atoms with Gasteiger partial charge in [0.1, 0.15) is 23.0 Å². The summed E-state index contributed by atoms with van der Waals surface area (Å²) in [5, 5.41) is 12.2. The van der Waals surface area contributed by atoms with Crippen molar-refractivity contribution in [1.82, 2.24) is 9.97 Å². The molecule has 3 rings (SSSR count). The van der Waals surface area contributed by atoms with Gasteiger partial charge in [-0.2, -0.15) is 0 Å². The lowest BCUT2D eigenvalue weighted by molar-refractivity contribution is 0.102. The van der Waals surface area contributed by atoms with E-state index in [0.29, 0.717) is 23.5 Å². The fourth-order valence-electron chi connectivity index (χ4n) is 2.62. The first-order valence-electron chi connectivity index (χ1n) is 8.29. The van der Waals surface area contributed by atoms with Crippen LogP contribution >= 0.6 is 0 Å². The molecule has 1 aromatic heterocycles. The van der Waals surface area contributed by atoms with Crippen molar-refractivity contribution >= 4 is 11.6 Å². The zero-order valence-corrected chi connectivity index (χ0v) is 14.9. The Kier molecular flexibility index (Phi) is 5.21. The fraction of sp³-hybridized carbons (Fsp3) is 0.150. The molecule has 0 atom stereocenters. The second kappa shape index (κ2) is 7.74. The molecule has 27 heavy (non-hydrogen) atoms. The predicted octanol–water partition coefficient (Wildman–Crippen LogP) is 2.64. The molecule has 0 fully saturated rings. The minimum Gasteiger partial charge on any atom is -0.508 e. The minimum absolute atomic E-state index is 0.0229. The molecular formula is C20H19N3O4. The quantitative estimate of drug-likeness (QED) is 0.603. The van der Waals surface area contributed by atoms with Gasteiger partial charge in [-0.1, -0.05) is 12.1 Å². The first-order valence-corrected chi connectivity index (χ1v) is 8.29. The smallest absolute Gasteiger partial charge is 0.274 e. The van der Waals surface area contributed by atoms with E-state index < -0.39 is 11.5 Å². The summed E-state index contributed by atoms with van der Waals surface area (Å²) in [5.74, 6) is 0.741. The third-order valence-electron chi connectivity index (χ3n) is 4.01. The maximum absolute atomic E-state index is 12.5. The second-order valence-corrected chi connectivity index (χ2v) is 6.06. The number of H-pyrrole nitrogens is 1. The zero-order chi connectivity index (χ0) is 19.4. The third-order valence-corrected chi connectivity index (χ3v) is 4.01. The summed E-state index contributed by atoms with van der Waals surface area (Å²) in [4.78, 5) is 31.3. The molecule has 138 valence electrons. The highest BCUT2D eigenvalue weighted by atomic mass is 16.5. The Bertz CT molecular complexity index is 1030. The number of rotatable bonds is 5. The second-order valence-electron chi connectivity index (χ2n) is 6.06. The lowest BCUT2D eigenvalue weighted by Crippen LogP contribution is -2.20. The van der Waals surface area contributed by atoms with Gasteiger partial charge >= 0.3 is 0 Å². The topological polar surface area (TPSA) is 104 Å². The molecule has 0 aliphatic carbocycles. The van der Waals surface area contributed by atoms with Gasteiger partial charge in [-0.25, -0.2) is 4.98 Å². The summed E-state index contributed by atoms with van der Waals surface area (Å²) >= 11 is 0. The van der Waals surface area contributed by atoms with E-state index in [1.54, 1.807) is 20.1 Å². The number of benzene rings is 2. The summed E-state index contributed by atoms with van der Waals surface area (Å²) in [5.41, 5.74) is 1.78. The number of aromatic hydroxyl groups is 1. The van der Waals surface area contributed by atoms with Crippen molar-refractivity contribution < 1.29 is 14.6 Å². The molecule has 7 nitrogen and oxygen atoms in total. The normalized spacial score (nSPS) is 10.4. The molecule has 3 N–H and O–H groups in total. The fourth-order valence-corrected chi connectivity index (χ4v) is 2.62. The molecule has 0 saturated heterocycles. The van der Waals surface area contributed by atoms with Gasteiger partial charge in [0.05, 0.1) is 7.11 Å². The monoisotopic (exact) mass is 365 g/mol. The molecule has 0 saturated carbocycles. The predicted molar refractivity (Wildman–Crippen MR) is 101 cm³/mol. The molecule has 0 bridgehead atoms. The third kappa shape index (κ3) is 4.52. The van der Waals surface area contributed by atoms with E-state index in [2.05, 4.69) is 15.3 Å². The summed E-state index contributed by atoms with van der Waals surface area (Å²) in [6.07, 6.45) is 0.374. The van der Waals surface area contributed by atoms with E-state index in [4.69, 9.17) is 4.74 Å². The highest BCUT2D eigenvalue weighted by molar-refractivity contribution is 6.03. The Morgan fingerprint density at radius 3 is 2.59 bits per heavy atom. The molecule has 0 unspecified atom stereocenters. The molecule has 0 aliphatic heterocycles. The Labute approximate surface area is 155 Å². The van der Waals surface area contributed by atoms with Crippen LogP contribution < -0.4 is 15.6 Å². The van der Waals surface area contributed by atoms with Crippen LogP contribution in [0.15, 0.2) is 53.3 Å². The van der Waals surface area contributed by atoms with E-state index in [9.17, 15) is 14.7 Å². The molecule has 2 aromatic carbocycles. The van der Waals surface area contributed by atoms with Crippen LogP contribution in [0, 0.1) is 6.92 Å². The Morgan fingerprint density at radius 2 is 1.93 bits per heavy atom. The maximum Gasteiger partial charge on any atom is 0.274 e. The number of carbonyl (C=O) groups excluding carboxylic acids is 1. The maximum atomic E-state index is 12.5. The SMILES string of the molecule is COc1ccc(Cc2nc(C(=O)Nc3ccc(O)cc3C)cc(=O)[nH]2)cc1. The number of aromatic nitrogens is 2. The number of nitrogens with one attached hydrogen (secondary N) is 2. The minimum atomic E-state index is -0.495. The van der Waals surface area contributed by atoms with Crippen molar-refractivity contribution in [2.75, 3.05) is 12.4 Å². The van der Waals surface area contributed by atoms with Crippen molar-refractivity contribution in [3.8, 4) is 11.5 Å². The van der Waals surface area contributed by atoms with Gasteiger partial charge in [0.2, 0.25) is 0 Å².